The van der Waals surface area contributed by atoms with Crippen LogP contribution in [0.3, 0.4) is 0 Å². The Hall–Kier alpha value is -2.04. The summed E-state index contributed by atoms with van der Waals surface area (Å²) < 4.78 is 11.2. The molecule has 1 N–H and O–H groups in total. The van der Waals surface area contributed by atoms with E-state index in [-0.39, 0.29) is 6.04 Å². The topological polar surface area (TPSA) is 33.7 Å². The number of nitrogens with one attached hydrogen (secondary N) is 1. The van der Waals surface area contributed by atoms with Crippen molar-refractivity contribution in [1.82, 2.24) is 10.2 Å². The normalized spacial score (nSPS) is 16.6. The van der Waals surface area contributed by atoms with Gasteiger partial charge in [-0.1, -0.05) is 42.0 Å². The zero-order valence-electron chi connectivity index (χ0n) is 14.7. The first-order valence-electron chi connectivity index (χ1n) is 8.47. The first-order valence-corrected chi connectivity index (χ1v) is 8.47. The Morgan fingerprint density at radius 3 is 2.29 bits per heavy atom. The molecule has 0 radical (unpaired) electrons. The summed E-state index contributed by atoms with van der Waals surface area (Å²) in [5.74, 6) is 1.60. The highest BCUT2D eigenvalue weighted by molar-refractivity contribution is 5.51. The molecule has 4 heteroatoms. The van der Waals surface area contributed by atoms with Crippen LogP contribution < -0.4 is 14.8 Å². The molecule has 128 valence electrons. The number of ether oxygens (including phenoxy) is 2. The smallest absolute Gasteiger partial charge is 0.165 e. The lowest BCUT2D eigenvalue weighted by molar-refractivity contribution is 0.194. The third kappa shape index (κ3) is 3.40. The van der Waals surface area contributed by atoms with Crippen molar-refractivity contribution in [1.29, 1.82) is 0 Å². The Kier molecular flexibility index (Phi) is 5.38. The monoisotopic (exact) mass is 326 g/mol. The minimum absolute atomic E-state index is 0.165. The molecule has 0 aliphatic carbocycles. The van der Waals surface area contributed by atoms with Gasteiger partial charge in [0.2, 0.25) is 0 Å². The van der Waals surface area contributed by atoms with Crippen LogP contribution in [0.5, 0.6) is 11.5 Å². The minimum Gasteiger partial charge on any atom is -0.493 e. The Morgan fingerprint density at radius 1 is 0.958 bits per heavy atom. The second-order valence-electron chi connectivity index (χ2n) is 6.18. The Balaban J connectivity index is 2.09. The molecule has 1 atom stereocenters. The molecule has 1 aliphatic heterocycles. The van der Waals surface area contributed by atoms with Crippen LogP contribution in [0.15, 0.2) is 42.5 Å². The molecule has 0 bridgehead atoms. The number of hydrogen-bond donors (Lipinski definition) is 1. The first kappa shape index (κ1) is 16.8. The van der Waals surface area contributed by atoms with E-state index in [1.165, 1.54) is 11.1 Å². The summed E-state index contributed by atoms with van der Waals surface area (Å²) in [6.45, 7) is 6.16. The highest BCUT2D eigenvalue weighted by Gasteiger charge is 2.27. The summed E-state index contributed by atoms with van der Waals surface area (Å²) in [5, 5.41) is 3.44. The molecule has 3 rings (SSSR count). The van der Waals surface area contributed by atoms with Crippen LogP contribution >= 0.6 is 0 Å². The van der Waals surface area contributed by atoms with Crippen molar-refractivity contribution in [2.45, 2.75) is 13.0 Å². The molecule has 24 heavy (non-hydrogen) atoms. The third-order valence-electron chi connectivity index (χ3n) is 4.64. The van der Waals surface area contributed by atoms with E-state index in [1.54, 1.807) is 14.2 Å². The van der Waals surface area contributed by atoms with E-state index in [0.29, 0.717) is 0 Å². The van der Waals surface area contributed by atoms with Crippen LogP contribution in [-0.2, 0) is 0 Å². The van der Waals surface area contributed by atoms with Gasteiger partial charge in [-0.25, -0.2) is 0 Å². The van der Waals surface area contributed by atoms with Gasteiger partial charge in [0.05, 0.1) is 20.3 Å². The van der Waals surface area contributed by atoms with Crippen LogP contribution in [0.1, 0.15) is 22.7 Å². The average molecular weight is 326 g/mol. The van der Waals surface area contributed by atoms with Gasteiger partial charge in [0, 0.05) is 31.7 Å². The van der Waals surface area contributed by atoms with E-state index in [2.05, 4.69) is 47.5 Å². The summed E-state index contributed by atoms with van der Waals surface area (Å²) in [5.41, 5.74) is 3.71. The van der Waals surface area contributed by atoms with Gasteiger partial charge in [-0.2, -0.15) is 0 Å². The summed E-state index contributed by atoms with van der Waals surface area (Å²) in [6.07, 6.45) is 0. The molecule has 0 spiro atoms. The summed E-state index contributed by atoms with van der Waals surface area (Å²) in [4.78, 5) is 2.51. The Labute approximate surface area is 144 Å². The first-order chi connectivity index (χ1) is 11.7. The van der Waals surface area contributed by atoms with Crippen molar-refractivity contribution in [3.05, 3.63) is 59.2 Å². The van der Waals surface area contributed by atoms with Crippen LogP contribution in [0, 0.1) is 6.92 Å². The molecule has 0 aromatic heterocycles. The second kappa shape index (κ2) is 7.69. The average Bonchev–Trinajstić information content (AvgIpc) is 2.64. The number of aryl methyl sites for hydroxylation is 1. The van der Waals surface area contributed by atoms with Gasteiger partial charge in [0.1, 0.15) is 0 Å². The molecule has 0 amide bonds. The van der Waals surface area contributed by atoms with Crippen molar-refractivity contribution in [2.24, 2.45) is 0 Å². The second-order valence-corrected chi connectivity index (χ2v) is 6.18. The van der Waals surface area contributed by atoms with E-state index >= 15 is 0 Å². The molecule has 1 aliphatic rings. The number of para-hydroxylation sites is 1. The van der Waals surface area contributed by atoms with Crippen LogP contribution in [0.25, 0.3) is 0 Å². The van der Waals surface area contributed by atoms with E-state index in [9.17, 15) is 0 Å². The Morgan fingerprint density at radius 2 is 1.67 bits per heavy atom. The summed E-state index contributed by atoms with van der Waals surface area (Å²) in [6, 6.07) is 15.1. The van der Waals surface area contributed by atoms with Gasteiger partial charge in [-0.15, -0.1) is 0 Å². The van der Waals surface area contributed by atoms with Gasteiger partial charge < -0.3 is 14.8 Å². The lowest BCUT2D eigenvalue weighted by atomic mass is 9.94. The maximum absolute atomic E-state index is 5.72. The van der Waals surface area contributed by atoms with Gasteiger partial charge in [-0.05, 0) is 18.6 Å². The molecule has 1 unspecified atom stereocenters. The highest BCUT2D eigenvalue weighted by Crippen LogP contribution is 2.40. The number of methoxy groups -OCH3 is 2. The van der Waals surface area contributed by atoms with Crippen molar-refractivity contribution >= 4 is 0 Å². The quantitative estimate of drug-likeness (QED) is 0.916. The molecule has 0 saturated carbocycles. The van der Waals surface area contributed by atoms with E-state index in [0.717, 1.165) is 43.2 Å². The minimum atomic E-state index is 0.165. The zero-order valence-corrected chi connectivity index (χ0v) is 14.7. The van der Waals surface area contributed by atoms with Crippen LogP contribution in [-0.4, -0.2) is 45.3 Å². The molecule has 2 aromatic rings. The van der Waals surface area contributed by atoms with E-state index in [1.807, 2.05) is 12.1 Å². The molecule has 2 aromatic carbocycles. The van der Waals surface area contributed by atoms with Gasteiger partial charge >= 0.3 is 0 Å². The lowest BCUT2D eigenvalue weighted by Crippen LogP contribution is -2.45. The van der Waals surface area contributed by atoms with Crippen LogP contribution in [0.4, 0.5) is 0 Å². The van der Waals surface area contributed by atoms with Crippen LogP contribution in [0.2, 0.25) is 0 Å². The van der Waals surface area contributed by atoms with Gasteiger partial charge in [0.15, 0.2) is 11.5 Å². The molecule has 1 fully saturated rings. The lowest BCUT2D eigenvalue weighted by Gasteiger charge is -2.36. The van der Waals surface area contributed by atoms with Gasteiger partial charge in [0.25, 0.3) is 0 Å². The fraction of sp³-hybridized carbons (Fsp3) is 0.400. The van der Waals surface area contributed by atoms with E-state index in [4.69, 9.17) is 9.47 Å². The van der Waals surface area contributed by atoms with Crippen molar-refractivity contribution in [2.75, 3.05) is 40.4 Å². The van der Waals surface area contributed by atoms with Crippen molar-refractivity contribution < 1.29 is 9.47 Å². The molecule has 4 nitrogen and oxygen atoms in total. The van der Waals surface area contributed by atoms with Crippen molar-refractivity contribution in [3.63, 3.8) is 0 Å². The molecular weight excluding hydrogens is 300 g/mol. The summed E-state index contributed by atoms with van der Waals surface area (Å²) >= 11 is 0. The number of nitrogens with zero attached hydrogens (tertiary/aromatic N) is 1. The predicted octanol–water partition coefficient (Wildman–Crippen LogP) is 3.01. The largest absolute Gasteiger partial charge is 0.493 e. The fourth-order valence-corrected chi connectivity index (χ4v) is 3.40. The maximum atomic E-state index is 5.72. The molecule has 1 heterocycles. The van der Waals surface area contributed by atoms with Crippen molar-refractivity contribution in [3.8, 4) is 11.5 Å². The number of piperazine rings is 1. The summed E-state index contributed by atoms with van der Waals surface area (Å²) in [7, 11) is 3.40. The Bertz CT molecular complexity index is 664. The number of rotatable bonds is 5. The SMILES string of the molecule is COc1cccc(C(c2ccc(C)cc2)N2CCNCC2)c1OC. The zero-order chi connectivity index (χ0) is 16.9. The standard InChI is InChI=1S/C20H26N2O2/c1-15-7-9-16(10-8-15)19(22-13-11-21-12-14-22)17-5-4-6-18(23-2)20(17)24-3/h4-10,19,21H,11-14H2,1-3H3. The predicted molar refractivity (Wildman–Crippen MR) is 97.0 cm³/mol. The third-order valence-corrected chi connectivity index (χ3v) is 4.64. The highest BCUT2D eigenvalue weighted by atomic mass is 16.5. The molecule has 1 saturated heterocycles. The van der Waals surface area contributed by atoms with E-state index < -0.39 is 0 Å². The van der Waals surface area contributed by atoms with Gasteiger partial charge in [-0.3, -0.25) is 4.90 Å². The number of hydrogen-bond acceptors (Lipinski definition) is 4. The fourth-order valence-electron chi connectivity index (χ4n) is 3.40. The number of benzene rings is 2. The molecular formula is C20H26N2O2. The maximum Gasteiger partial charge on any atom is 0.165 e.